The normalized spacial score (nSPS) is 10.6. The van der Waals surface area contributed by atoms with Crippen molar-refractivity contribution in [2.45, 2.75) is 6.92 Å². The van der Waals surface area contributed by atoms with Crippen LogP contribution in [0.15, 0.2) is 23.6 Å². The van der Waals surface area contributed by atoms with E-state index >= 15 is 0 Å². The summed E-state index contributed by atoms with van der Waals surface area (Å²) in [7, 11) is 1.50. The quantitative estimate of drug-likeness (QED) is 0.523. The van der Waals surface area contributed by atoms with Crippen LogP contribution in [0.1, 0.15) is 5.69 Å². The third kappa shape index (κ3) is 3.14. The number of benzene rings is 1. The van der Waals surface area contributed by atoms with Crippen LogP contribution in [0.5, 0.6) is 5.75 Å². The summed E-state index contributed by atoms with van der Waals surface area (Å²) in [6.45, 7) is 1.87. The number of nitrogen functional groups attached to an aromatic ring is 1. The van der Waals surface area contributed by atoms with Gasteiger partial charge in [-0.1, -0.05) is 11.3 Å². The highest BCUT2D eigenvalue weighted by atomic mass is 32.1. The molecule has 10 heteroatoms. The molecule has 0 aliphatic rings. The molecule has 3 aromatic rings. The molecule has 0 radical (unpaired) electrons. The Morgan fingerprint density at radius 3 is 2.79 bits per heavy atom. The molecule has 3 N–H and O–H groups in total. The van der Waals surface area contributed by atoms with E-state index in [0.29, 0.717) is 21.7 Å². The number of thiazole rings is 2. The van der Waals surface area contributed by atoms with Crippen LogP contribution < -0.4 is 15.8 Å². The van der Waals surface area contributed by atoms with Crippen molar-refractivity contribution in [2.75, 3.05) is 18.2 Å². The zero-order chi connectivity index (χ0) is 17.3. The maximum absolute atomic E-state index is 10.9. The number of anilines is 3. The summed E-state index contributed by atoms with van der Waals surface area (Å²) in [4.78, 5) is 20.1. The van der Waals surface area contributed by atoms with Crippen LogP contribution in [-0.4, -0.2) is 22.0 Å². The van der Waals surface area contributed by atoms with Gasteiger partial charge < -0.3 is 15.8 Å². The lowest BCUT2D eigenvalue weighted by molar-refractivity contribution is -0.384. The van der Waals surface area contributed by atoms with Crippen LogP contribution in [0.2, 0.25) is 0 Å². The van der Waals surface area contributed by atoms with Crippen molar-refractivity contribution in [1.29, 1.82) is 0 Å². The molecule has 124 valence electrons. The number of ether oxygens (including phenoxy) is 1. The molecule has 0 spiro atoms. The van der Waals surface area contributed by atoms with Gasteiger partial charge in [0, 0.05) is 17.5 Å². The zero-order valence-corrected chi connectivity index (χ0v) is 14.4. The monoisotopic (exact) mass is 363 g/mol. The van der Waals surface area contributed by atoms with Gasteiger partial charge in [-0.05, 0) is 13.0 Å². The predicted molar refractivity (Wildman–Crippen MR) is 95.3 cm³/mol. The Labute approximate surface area is 145 Å². The van der Waals surface area contributed by atoms with E-state index < -0.39 is 4.92 Å². The summed E-state index contributed by atoms with van der Waals surface area (Å²) in [5.74, 6) is 0.496. The Balaban J connectivity index is 1.91. The standard InChI is InChI=1S/C14H13N5O3S2/c1-7-12(24-13(15)16-7)10-6-23-14(18-10)17-9-5-8(19(20)21)3-4-11(9)22-2/h3-6H,1-2H3,(H2,15,16)(H,17,18). The minimum Gasteiger partial charge on any atom is -0.495 e. The second-order valence-corrected chi connectivity index (χ2v) is 6.66. The molecule has 0 atom stereocenters. The zero-order valence-electron chi connectivity index (χ0n) is 12.8. The maximum atomic E-state index is 10.9. The predicted octanol–water partition coefficient (Wildman–Crippen LogP) is 3.82. The second-order valence-electron chi connectivity index (χ2n) is 4.77. The number of nitrogens with zero attached hydrogens (tertiary/aromatic N) is 3. The molecule has 1 aromatic carbocycles. The largest absolute Gasteiger partial charge is 0.495 e. The highest BCUT2D eigenvalue weighted by molar-refractivity contribution is 7.19. The van der Waals surface area contributed by atoms with Crippen LogP contribution in [-0.2, 0) is 0 Å². The third-order valence-corrected chi connectivity index (χ3v) is 4.95. The van der Waals surface area contributed by atoms with E-state index in [1.54, 1.807) is 6.07 Å². The number of aromatic nitrogens is 2. The van der Waals surface area contributed by atoms with Gasteiger partial charge in [0.05, 0.1) is 34.0 Å². The van der Waals surface area contributed by atoms with Crippen molar-refractivity contribution in [3.63, 3.8) is 0 Å². The fraction of sp³-hybridized carbons (Fsp3) is 0.143. The van der Waals surface area contributed by atoms with E-state index in [-0.39, 0.29) is 5.69 Å². The molecule has 3 rings (SSSR count). The van der Waals surface area contributed by atoms with Gasteiger partial charge in [0.15, 0.2) is 10.3 Å². The molecule has 0 saturated carbocycles. The van der Waals surface area contributed by atoms with Gasteiger partial charge >= 0.3 is 0 Å². The lowest BCUT2D eigenvalue weighted by Crippen LogP contribution is -1.96. The van der Waals surface area contributed by atoms with Gasteiger partial charge in [-0.2, -0.15) is 0 Å². The smallest absolute Gasteiger partial charge is 0.271 e. The number of hydrogen-bond donors (Lipinski definition) is 2. The molecule has 0 fully saturated rings. The van der Waals surface area contributed by atoms with E-state index in [1.165, 1.54) is 41.9 Å². The highest BCUT2D eigenvalue weighted by Gasteiger charge is 2.15. The van der Waals surface area contributed by atoms with Crippen LogP contribution in [0, 0.1) is 17.0 Å². The van der Waals surface area contributed by atoms with E-state index in [0.717, 1.165) is 16.3 Å². The van der Waals surface area contributed by atoms with E-state index in [2.05, 4.69) is 15.3 Å². The number of rotatable bonds is 5. The number of aryl methyl sites for hydroxylation is 1. The first kappa shape index (κ1) is 16.1. The number of nitro benzene ring substituents is 1. The summed E-state index contributed by atoms with van der Waals surface area (Å²) in [5, 5.41) is 17.0. The molecule has 8 nitrogen and oxygen atoms in total. The Morgan fingerprint density at radius 1 is 1.38 bits per heavy atom. The summed E-state index contributed by atoms with van der Waals surface area (Å²) < 4.78 is 5.23. The van der Waals surface area contributed by atoms with Crippen molar-refractivity contribution in [3.8, 4) is 16.3 Å². The SMILES string of the molecule is COc1ccc([N+](=O)[O-])cc1Nc1nc(-c2sc(N)nc2C)cs1. The number of nitrogens with one attached hydrogen (secondary N) is 1. The maximum Gasteiger partial charge on any atom is 0.271 e. The summed E-state index contributed by atoms with van der Waals surface area (Å²) in [6, 6.07) is 4.35. The highest BCUT2D eigenvalue weighted by Crippen LogP contribution is 2.36. The topological polar surface area (TPSA) is 116 Å². The molecule has 0 aliphatic carbocycles. The second kappa shape index (κ2) is 6.42. The molecular formula is C14H13N5O3S2. The van der Waals surface area contributed by atoms with E-state index in [1.807, 2.05) is 12.3 Å². The van der Waals surface area contributed by atoms with Crippen molar-refractivity contribution >= 4 is 44.3 Å². The summed E-state index contributed by atoms with van der Waals surface area (Å²) >= 11 is 2.75. The number of nitrogens with two attached hydrogens (primary N) is 1. The van der Waals surface area contributed by atoms with Crippen molar-refractivity contribution in [2.24, 2.45) is 0 Å². The fourth-order valence-electron chi connectivity index (χ4n) is 2.11. The Morgan fingerprint density at radius 2 is 2.17 bits per heavy atom. The lowest BCUT2D eigenvalue weighted by Gasteiger charge is -2.08. The Bertz CT molecular complexity index is 906. The van der Waals surface area contributed by atoms with Gasteiger partial charge in [0.2, 0.25) is 0 Å². The number of methoxy groups -OCH3 is 1. The number of hydrogen-bond acceptors (Lipinski definition) is 9. The molecular weight excluding hydrogens is 350 g/mol. The lowest BCUT2D eigenvalue weighted by atomic mass is 10.2. The summed E-state index contributed by atoms with van der Waals surface area (Å²) in [5.41, 5.74) is 7.75. The van der Waals surface area contributed by atoms with Gasteiger partial charge in [0.25, 0.3) is 5.69 Å². The number of nitro groups is 1. The first-order chi connectivity index (χ1) is 11.5. The Hall–Kier alpha value is -2.72. The first-order valence-electron chi connectivity index (χ1n) is 6.76. The molecule has 0 unspecified atom stereocenters. The van der Waals surface area contributed by atoms with E-state index in [4.69, 9.17) is 10.5 Å². The van der Waals surface area contributed by atoms with Crippen molar-refractivity contribution in [3.05, 3.63) is 39.4 Å². The molecule has 2 heterocycles. The van der Waals surface area contributed by atoms with Crippen LogP contribution >= 0.6 is 22.7 Å². The summed E-state index contributed by atoms with van der Waals surface area (Å²) in [6.07, 6.45) is 0. The van der Waals surface area contributed by atoms with Gasteiger partial charge in [-0.3, -0.25) is 10.1 Å². The molecule has 24 heavy (non-hydrogen) atoms. The molecule has 2 aromatic heterocycles. The first-order valence-corrected chi connectivity index (χ1v) is 8.46. The van der Waals surface area contributed by atoms with Crippen LogP contribution in [0.4, 0.5) is 21.6 Å². The van der Waals surface area contributed by atoms with Gasteiger partial charge in [0.1, 0.15) is 5.75 Å². The minimum absolute atomic E-state index is 0.0267. The van der Waals surface area contributed by atoms with Gasteiger partial charge in [-0.15, -0.1) is 11.3 Å². The average Bonchev–Trinajstić information content (AvgIpc) is 3.13. The molecule has 0 saturated heterocycles. The van der Waals surface area contributed by atoms with Gasteiger partial charge in [-0.25, -0.2) is 9.97 Å². The average molecular weight is 363 g/mol. The van der Waals surface area contributed by atoms with E-state index in [9.17, 15) is 10.1 Å². The van der Waals surface area contributed by atoms with Crippen LogP contribution in [0.3, 0.4) is 0 Å². The molecule has 0 aliphatic heterocycles. The van der Waals surface area contributed by atoms with Crippen molar-refractivity contribution in [1.82, 2.24) is 9.97 Å². The minimum atomic E-state index is -0.457. The number of non-ortho nitro benzene ring substituents is 1. The molecule has 0 amide bonds. The van der Waals surface area contributed by atoms with Crippen molar-refractivity contribution < 1.29 is 9.66 Å². The Kier molecular flexibility index (Phi) is 4.32. The van der Waals surface area contributed by atoms with Crippen LogP contribution in [0.25, 0.3) is 10.6 Å². The molecule has 0 bridgehead atoms. The third-order valence-electron chi connectivity index (χ3n) is 3.19. The fourth-order valence-corrected chi connectivity index (χ4v) is 3.70.